The first kappa shape index (κ1) is 16.5. The fourth-order valence-electron chi connectivity index (χ4n) is 1.97. The molecule has 0 radical (unpaired) electrons. The minimum absolute atomic E-state index is 0.136. The highest BCUT2D eigenvalue weighted by atomic mass is 79.9. The fourth-order valence-corrected chi connectivity index (χ4v) is 2.27. The second-order valence-corrected chi connectivity index (χ2v) is 5.54. The molecule has 0 aromatic carbocycles. The predicted molar refractivity (Wildman–Crippen MR) is 76.2 cm³/mol. The number of amides is 1. The van der Waals surface area contributed by atoms with Gasteiger partial charge < -0.3 is 5.32 Å². The zero-order chi connectivity index (χ0) is 16.5. The first-order chi connectivity index (χ1) is 10.2. The summed E-state index contributed by atoms with van der Waals surface area (Å²) in [6, 6.07) is -0.721. The SMILES string of the molecule is CCC(C(=O)Nc1c(C(F)(F)F)n[nH]c1C)n1cc(Br)cn1. The lowest BCUT2D eigenvalue weighted by Crippen LogP contribution is -2.27. The van der Waals surface area contributed by atoms with Crippen LogP contribution in [0, 0.1) is 6.92 Å². The number of nitrogens with zero attached hydrogens (tertiary/aromatic N) is 3. The first-order valence-electron chi connectivity index (χ1n) is 6.36. The van der Waals surface area contributed by atoms with Crippen LogP contribution < -0.4 is 5.32 Å². The number of hydrogen-bond donors (Lipinski definition) is 2. The fraction of sp³-hybridized carbons (Fsp3) is 0.417. The molecule has 6 nitrogen and oxygen atoms in total. The van der Waals surface area contributed by atoms with Crippen molar-refractivity contribution in [2.24, 2.45) is 0 Å². The summed E-state index contributed by atoms with van der Waals surface area (Å²) >= 11 is 3.21. The molecule has 0 saturated carbocycles. The Bertz CT molecular complexity index is 679. The highest BCUT2D eigenvalue weighted by Crippen LogP contribution is 2.35. The molecule has 0 bridgehead atoms. The molecule has 0 spiro atoms. The normalized spacial score (nSPS) is 13.2. The molecular formula is C12H13BrF3N5O. The van der Waals surface area contributed by atoms with Gasteiger partial charge in [-0.2, -0.15) is 23.4 Å². The molecule has 10 heteroatoms. The third-order valence-electron chi connectivity index (χ3n) is 3.04. The lowest BCUT2D eigenvalue weighted by atomic mass is 10.2. The average Bonchev–Trinajstić information content (AvgIpc) is 2.98. The van der Waals surface area contributed by atoms with Crippen molar-refractivity contribution in [3.8, 4) is 0 Å². The molecule has 0 fully saturated rings. The van der Waals surface area contributed by atoms with Crippen LogP contribution in [0.15, 0.2) is 16.9 Å². The maximum absolute atomic E-state index is 12.9. The Hall–Kier alpha value is -1.84. The van der Waals surface area contributed by atoms with E-state index in [4.69, 9.17) is 0 Å². The van der Waals surface area contributed by atoms with Gasteiger partial charge >= 0.3 is 6.18 Å². The number of rotatable bonds is 4. The van der Waals surface area contributed by atoms with Crippen molar-refractivity contribution in [3.63, 3.8) is 0 Å². The van der Waals surface area contributed by atoms with E-state index in [1.165, 1.54) is 17.8 Å². The van der Waals surface area contributed by atoms with Crippen molar-refractivity contribution in [2.45, 2.75) is 32.5 Å². The van der Waals surface area contributed by atoms with E-state index in [1.54, 1.807) is 13.1 Å². The molecule has 0 aliphatic rings. The van der Waals surface area contributed by atoms with E-state index in [2.05, 4.69) is 36.5 Å². The molecule has 2 rings (SSSR count). The standard InChI is InChI=1S/C12H13BrF3N5O/c1-3-8(21-5-7(13)4-17-21)11(22)18-9-6(2)19-20-10(9)12(14,15)16/h4-5,8H,3H2,1-2H3,(H,18,22)(H,19,20). The van der Waals surface area contributed by atoms with Crippen LogP contribution in [0.25, 0.3) is 0 Å². The van der Waals surface area contributed by atoms with Crippen LogP contribution in [-0.2, 0) is 11.0 Å². The van der Waals surface area contributed by atoms with Gasteiger partial charge in [0.15, 0.2) is 5.69 Å². The van der Waals surface area contributed by atoms with E-state index < -0.39 is 23.8 Å². The van der Waals surface area contributed by atoms with Gasteiger partial charge in [0.1, 0.15) is 6.04 Å². The summed E-state index contributed by atoms with van der Waals surface area (Å²) in [6.45, 7) is 3.15. The maximum Gasteiger partial charge on any atom is 0.437 e. The Kier molecular flexibility index (Phi) is 4.59. The first-order valence-corrected chi connectivity index (χ1v) is 7.16. The average molecular weight is 380 g/mol. The third kappa shape index (κ3) is 3.32. The summed E-state index contributed by atoms with van der Waals surface area (Å²) in [5.41, 5.74) is -1.37. The topological polar surface area (TPSA) is 75.6 Å². The zero-order valence-corrected chi connectivity index (χ0v) is 13.3. The van der Waals surface area contributed by atoms with Crippen molar-refractivity contribution in [3.05, 3.63) is 28.3 Å². The van der Waals surface area contributed by atoms with E-state index >= 15 is 0 Å². The van der Waals surface area contributed by atoms with E-state index in [0.29, 0.717) is 10.9 Å². The smallest absolute Gasteiger partial charge is 0.321 e. The monoisotopic (exact) mass is 379 g/mol. The Balaban J connectivity index is 2.27. The largest absolute Gasteiger partial charge is 0.437 e. The molecule has 120 valence electrons. The van der Waals surface area contributed by atoms with E-state index in [1.807, 2.05) is 0 Å². The van der Waals surface area contributed by atoms with Gasteiger partial charge in [-0.05, 0) is 29.3 Å². The van der Waals surface area contributed by atoms with Crippen molar-refractivity contribution in [1.82, 2.24) is 20.0 Å². The zero-order valence-electron chi connectivity index (χ0n) is 11.7. The second kappa shape index (κ2) is 6.11. The number of carbonyl (C=O) groups is 1. The van der Waals surface area contributed by atoms with Gasteiger partial charge in [0.25, 0.3) is 0 Å². The molecule has 2 heterocycles. The van der Waals surface area contributed by atoms with Gasteiger partial charge in [-0.1, -0.05) is 6.92 Å². The summed E-state index contributed by atoms with van der Waals surface area (Å²) in [7, 11) is 0. The quantitative estimate of drug-likeness (QED) is 0.855. The number of halogens is 4. The number of nitrogens with one attached hydrogen (secondary N) is 2. The van der Waals surface area contributed by atoms with Gasteiger partial charge in [0, 0.05) is 6.20 Å². The highest BCUT2D eigenvalue weighted by molar-refractivity contribution is 9.10. The summed E-state index contributed by atoms with van der Waals surface area (Å²) < 4.78 is 40.7. The van der Waals surface area contributed by atoms with Crippen LogP contribution in [0.5, 0.6) is 0 Å². The third-order valence-corrected chi connectivity index (χ3v) is 3.45. The highest BCUT2D eigenvalue weighted by Gasteiger charge is 2.38. The maximum atomic E-state index is 12.9. The molecule has 2 aromatic rings. The van der Waals surface area contributed by atoms with Gasteiger partial charge in [-0.25, -0.2) is 0 Å². The number of carbonyl (C=O) groups excluding carboxylic acids is 1. The molecule has 22 heavy (non-hydrogen) atoms. The predicted octanol–water partition coefficient (Wildman–Crippen LogP) is 3.29. The molecule has 2 N–H and O–H groups in total. The van der Waals surface area contributed by atoms with Gasteiger partial charge in [-0.15, -0.1) is 0 Å². The van der Waals surface area contributed by atoms with Gasteiger partial charge in [0.05, 0.1) is 22.1 Å². The number of hydrogen-bond acceptors (Lipinski definition) is 3. The number of aryl methyl sites for hydroxylation is 1. The molecule has 0 saturated heterocycles. The molecule has 0 aliphatic carbocycles. The van der Waals surface area contributed by atoms with E-state index in [9.17, 15) is 18.0 Å². The Morgan fingerprint density at radius 2 is 2.23 bits per heavy atom. The Labute approximate surface area is 132 Å². The van der Waals surface area contributed by atoms with Crippen LogP contribution in [-0.4, -0.2) is 25.9 Å². The minimum Gasteiger partial charge on any atom is -0.321 e. The summed E-state index contributed by atoms with van der Waals surface area (Å²) in [5, 5.41) is 11.7. The van der Waals surface area contributed by atoms with Crippen molar-refractivity contribution < 1.29 is 18.0 Å². The summed E-state index contributed by atoms with van der Waals surface area (Å²) in [5.74, 6) is -0.590. The van der Waals surface area contributed by atoms with Crippen LogP contribution in [0.3, 0.4) is 0 Å². The van der Waals surface area contributed by atoms with Crippen LogP contribution in [0.1, 0.15) is 30.8 Å². The van der Waals surface area contributed by atoms with E-state index in [0.717, 1.165) is 0 Å². The van der Waals surface area contributed by atoms with Crippen LogP contribution >= 0.6 is 15.9 Å². The molecule has 1 amide bonds. The van der Waals surface area contributed by atoms with Crippen LogP contribution in [0.4, 0.5) is 18.9 Å². The summed E-state index contributed by atoms with van der Waals surface area (Å²) in [4.78, 5) is 12.3. The van der Waals surface area contributed by atoms with Crippen molar-refractivity contribution in [1.29, 1.82) is 0 Å². The number of aromatic nitrogens is 4. The molecule has 1 unspecified atom stereocenters. The van der Waals surface area contributed by atoms with E-state index in [-0.39, 0.29) is 11.4 Å². The lowest BCUT2D eigenvalue weighted by molar-refractivity contribution is -0.140. The molecule has 1 atom stereocenters. The number of anilines is 1. The molecule has 2 aromatic heterocycles. The Morgan fingerprint density at radius 1 is 1.55 bits per heavy atom. The molecule has 0 aliphatic heterocycles. The van der Waals surface area contributed by atoms with Crippen molar-refractivity contribution >= 4 is 27.5 Å². The van der Waals surface area contributed by atoms with Crippen molar-refractivity contribution in [2.75, 3.05) is 5.32 Å². The van der Waals surface area contributed by atoms with Gasteiger partial charge in [-0.3, -0.25) is 14.6 Å². The number of alkyl halides is 3. The lowest BCUT2D eigenvalue weighted by Gasteiger charge is -2.16. The van der Waals surface area contributed by atoms with Gasteiger partial charge in [0.2, 0.25) is 5.91 Å². The second-order valence-electron chi connectivity index (χ2n) is 4.62. The summed E-state index contributed by atoms with van der Waals surface area (Å²) in [6.07, 6.45) is -1.19. The van der Waals surface area contributed by atoms with Crippen LogP contribution in [0.2, 0.25) is 0 Å². The number of H-pyrrole nitrogens is 1. The minimum atomic E-state index is -4.65. The molecular weight excluding hydrogens is 367 g/mol. The Morgan fingerprint density at radius 3 is 2.73 bits per heavy atom. The number of aromatic amines is 1.